The highest BCUT2D eigenvalue weighted by molar-refractivity contribution is 6.22. The number of rotatable bonds is 13. The molecule has 20 aromatic carbocycles. The molecule has 4 aromatic heterocycles. The van der Waals surface area contributed by atoms with Crippen LogP contribution in [0, 0.1) is 0 Å². The van der Waals surface area contributed by atoms with Gasteiger partial charge in [-0.1, -0.05) is 240 Å². The number of nitrogens with zero attached hydrogens (tertiary/aromatic N) is 4. The number of benzene rings is 20. The lowest BCUT2D eigenvalue weighted by Gasteiger charge is -2.28. The molecule has 0 N–H and O–H groups in total. The van der Waals surface area contributed by atoms with E-state index < -0.39 is 0 Å². The van der Waals surface area contributed by atoms with E-state index in [9.17, 15) is 0 Å². The summed E-state index contributed by atoms with van der Waals surface area (Å²) >= 11 is 0. The van der Waals surface area contributed by atoms with Crippen LogP contribution in [0.25, 0.3) is 164 Å². The Morgan fingerprint density at radius 1 is 0.183 bits per heavy atom. The van der Waals surface area contributed by atoms with Crippen molar-refractivity contribution in [2.45, 2.75) is 38.5 Å². The molecule has 0 fully saturated rings. The predicted molar refractivity (Wildman–Crippen MR) is 525 cm³/mol. The van der Waals surface area contributed by atoms with Crippen molar-refractivity contribution in [3.8, 4) is 33.4 Å². The third kappa shape index (κ3) is 10.9. The quantitative estimate of drug-likeness (QED) is 0.113. The maximum Gasteiger partial charge on any atom is 0.159 e. The highest BCUT2D eigenvalue weighted by Gasteiger charge is 2.38. The Labute approximate surface area is 726 Å². The van der Waals surface area contributed by atoms with Gasteiger partial charge in [0.2, 0.25) is 0 Å². The van der Waals surface area contributed by atoms with Crippen LogP contribution >= 0.6 is 0 Å². The highest BCUT2D eigenvalue weighted by Crippen LogP contribution is 2.56. The van der Waals surface area contributed by atoms with Crippen molar-refractivity contribution in [2.24, 2.45) is 0 Å². The first-order chi connectivity index (χ1) is 61.9. The fourth-order valence-corrected chi connectivity index (χ4v) is 21.2. The summed E-state index contributed by atoms with van der Waals surface area (Å²) in [4.78, 5) is 9.50. The number of anilines is 12. The third-order valence-corrected chi connectivity index (χ3v) is 27.2. The molecule has 24 aromatic rings. The van der Waals surface area contributed by atoms with Crippen LogP contribution in [0.4, 0.5) is 68.2 Å². The van der Waals surface area contributed by atoms with Gasteiger partial charge in [-0.15, -0.1) is 0 Å². The molecular formula is C118H78N4O4. The van der Waals surface area contributed by atoms with Gasteiger partial charge in [0.25, 0.3) is 0 Å². The lowest BCUT2D eigenvalue weighted by atomic mass is 9.82. The Hall–Kier alpha value is -16.2. The minimum absolute atomic E-state index is 0.152. The summed E-state index contributed by atoms with van der Waals surface area (Å²) in [7, 11) is 0. The second-order valence-electron chi connectivity index (χ2n) is 35.1. The molecule has 8 nitrogen and oxygen atoms in total. The van der Waals surface area contributed by atoms with Crippen molar-refractivity contribution < 1.29 is 17.7 Å². The maximum atomic E-state index is 7.47. The summed E-state index contributed by atoms with van der Waals surface area (Å²) < 4.78 is 28.0. The largest absolute Gasteiger partial charge is 0.456 e. The maximum absolute atomic E-state index is 7.47. The van der Waals surface area contributed by atoms with E-state index in [2.05, 4.69) is 436 Å². The molecule has 8 heteroatoms. The smallest absolute Gasteiger partial charge is 0.159 e. The normalized spacial score (nSPS) is 13.2. The van der Waals surface area contributed by atoms with Gasteiger partial charge in [-0.2, -0.15) is 0 Å². The molecule has 2 aliphatic carbocycles. The molecule has 26 rings (SSSR count). The lowest BCUT2D eigenvalue weighted by Crippen LogP contribution is -2.16. The monoisotopic (exact) mass is 1610 g/mol. The van der Waals surface area contributed by atoms with Gasteiger partial charge in [0.15, 0.2) is 11.2 Å². The summed E-state index contributed by atoms with van der Waals surface area (Å²) in [5.74, 6) is 0. The molecule has 0 spiro atoms. The molecule has 0 amide bonds. The van der Waals surface area contributed by atoms with E-state index >= 15 is 0 Å². The Morgan fingerprint density at radius 2 is 0.524 bits per heavy atom. The molecule has 4 heterocycles. The predicted octanol–water partition coefficient (Wildman–Crippen LogP) is 34.1. The highest BCUT2D eigenvalue weighted by atomic mass is 16.3. The van der Waals surface area contributed by atoms with Gasteiger partial charge in [0.05, 0.1) is 11.4 Å². The number of hydrogen-bond donors (Lipinski definition) is 0. The van der Waals surface area contributed by atoms with Gasteiger partial charge < -0.3 is 37.3 Å². The minimum Gasteiger partial charge on any atom is -0.456 e. The number of fused-ring (bicyclic) bond motifs is 22. The van der Waals surface area contributed by atoms with Crippen LogP contribution in [0.15, 0.2) is 418 Å². The van der Waals surface area contributed by atoms with Crippen molar-refractivity contribution in [1.82, 2.24) is 0 Å². The summed E-state index contributed by atoms with van der Waals surface area (Å²) in [6.07, 6.45) is 0. The summed E-state index contributed by atoms with van der Waals surface area (Å²) in [6.45, 7) is 9.44. The Kier molecular flexibility index (Phi) is 15.4. The molecule has 0 bridgehead atoms. The minimum atomic E-state index is -0.251. The van der Waals surface area contributed by atoms with Crippen LogP contribution in [-0.4, -0.2) is 0 Å². The number of para-hydroxylation sites is 7. The summed E-state index contributed by atoms with van der Waals surface area (Å²) in [6, 6.07) is 146. The van der Waals surface area contributed by atoms with Gasteiger partial charge in [-0.25, -0.2) is 0 Å². The van der Waals surface area contributed by atoms with Crippen molar-refractivity contribution in [3.63, 3.8) is 0 Å². The van der Waals surface area contributed by atoms with E-state index in [1.165, 1.54) is 44.5 Å². The van der Waals surface area contributed by atoms with Crippen LogP contribution < -0.4 is 19.6 Å². The van der Waals surface area contributed by atoms with E-state index in [1.54, 1.807) is 0 Å². The van der Waals surface area contributed by atoms with Gasteiger partial charge in [0.1, 0.15) is 33.5 Å². The van der Waals surface area contributed by atoms with Crippen LogP contribution in [0.5, 0.6) is 0 Å². The third-order valence-electron chi connectivity index (χ3n) is 27.2. The molecule has 0 radical (unpaired) electrons. The van der Waals surface area contributed by atoms with Crippen LogP contribution in [0.1, 0.15) is 49.9 Å². The molecular weight excluding hydrogens is 1540 g/mol. The summed E-state index contributed by atoms with van der Waals surface area (Å²) in [5, 5.41) is 17.1. The van der Waals surface area contributed by atoms with Gasteiger partial charge in [0, 0.05) is 116 Å². The van der Waals surface area contributed by atoms with Crippen molar-refractivity contribution in [3.05, 3.63) is 423 Å². The van der Waals surface area contributed by atoms with Crippen molar-refractivity contribution >= 4 is 199 Å². The molecule has 2 aliphatic rings. The van der Waals surface area contributed by atoms with E-state index in [0.29, 0.717) is 0 Å². The fraction of sp³-hybridized carbons (Fsp3) is 0.0508. The van der Waals surface area contributed by atoms with E-state index in [1.807, 2.05) is 12.1 Å². The van der Waals surface area contributed by atoms with Gasteiger partial charge in [-0.3, -0.25) is 0 Å². The first kappa shape index (κ1) is 71.6. The molecule has 0 saturated heterocycles. The lowest BCUT2D eigenvalue weighted by molar-refractivity contribution is 0.660. The van der Waals surface area contributed by atoms with Crippen LogP contribution in [0.3, 0.4) is 0 Å². The van der Waals surface area contributed by atoms with E-state index in [-0.39, 0.29) is 10.8 Å². The zero-order valence-electron chi connectivity index (χ0n) is 69.5. The van der Waals surface area contributed by atoms with Crippen molar-refractivity contribution in [1.29, 1.82) is 0 Å². The first-order valence-corrected chi connectivity index (χ1v) is 43.4. The van der Waals surface area contributed by atoms with Gasteiger partial charge >= 0.3 is 0 Å². The molecule has 0 atom stereocenters. The van der Waals surface area contributed by atoms with Crippen molar-refractivity contribution in [2.75, 3.05) is 19.6 Å². The Balaban J connectivity index is 0.633. The number of furan rings is 4. The molecule has 0 aliphatic heterocycles. The SMILES string of the molecule is CC1(C)c2ccccc2-c2ccc(N(c3ccccc3)c3ccc4cc5oc6cc7ccc(N(c8ccc(-c9c%10ccc(N(c%11ccccc%11)c%11cccc%12c%11oc%11ccccc%11%12)cc%10cc%10c9oc9cc%11ccc(N(c%12ccccc%12)c%12cccc%13c%12oc%12ccccc%12%13)cc%11cc9%10)cc8)c8ccc9c(c8)C(C)(C)c8ccccc8-9)cc7cc6c5cc4c3)cc21. The molecule has 0 saturated carbocycles. The average Bonchev–Trinajstić information content (AvgIpc) is 1.63. The first-order valence-electron chi connectivity index (χ1n) is 43.4. The fourth-order valence-electron chi connectivity index (χ4n) is 21.2. The van der Waals surface area contributed by atoms with E-state index in [4.69, 9.17) is 17.7 Å². The molecule has 594 valence electrons. The van der Waals surface area contributed by atoms with E-state index in [0.717, 1.165) is 210 Å². The van der Waals surface area contributed by atoms with Gasteiger partial charge in [-0.05, 0) is 281 Å². The molecule has 126 heavy (non-hydrogen) atoms. The Morgan fingerprint density at radius 3 is 1.01 bits per heavy atom. The Bertz CT molecular complexity index is 8690. The average molecular weight is 1620 g/mol. The van der Waals surface area contributed by atoms with Crippen LogP contribution in [-0.2, 0) is 10.8 Å². The summed E-state index contributed by atoms with van der Waals surface area (Å²) in [5.41, 5.74) is 31.0. The zero-order chi connectivity index (χ0) is 83.4. The second kappa shape index (κ2) is 27.2. The number of hydrogen-bond acceptors (Lipinski definition) is 8. The second-order valence-corrected chi connectivity index (χ2v) is 35.1. The standard InChI is InChI=1S/C118H78N4O4/c1-117(2)102-36-18-14-30-90(102)92-56-53-87(69-104(92)117)119(79-24-8-5-9-25-79)83-49-44-72-66-110-98(62-75(72)58-83)99-63-76-59-84(50-45-73(76)67-111(99)123-110)120(88-54-57-93-91-31-15-19-37-103(91)118(3,4)105(93)70-88)82-47-42-71(43-48-82)113-89-55-52-86(122(81-28-12-7-13-29-81)107-39-23-35-97-95-33-17-21-41-109(95)125-115(97)107)61-78(89)65-101-100-64-77-60-85(51-46-74(77)68-112(100)126-116(101)113)121(80-26-10-6-11-27-80)106-38-22-34-96-94-32-16-20-40-108(94)124-114(96)106/h5-70H,1-4H3. The molecule has 0 unspecified atom stereocenters. The topological polar surface area (TPSA) is 65.5 Å². The van der Waals surface area contributed by atoms with Crippen LogP contribution in [0.2, 0.25) is 0 Å². The zero-order valence-corrected chi connectivity index (χ0v) is 69.5.